The summed E-state index contributed by atoms with van der Waals surface area (Å²) in [7, 11) is -1.06. The first-order valence-electron chi connectivity index (χ1n) is 7.66. The van der Waals surface area contributed by atoms with Gasteiger partial charge in [0, 0.05) is 25.0 Å². The fourth-order valence-electron chi connectivity index (χ4n) is 2.61. The predicted molar refractivity (Wildman–Crippen MR) is 93.3 cm³/mol. The fourth-order valence-corrected chi connectivity index (χ4v) is 5.34. The molecule has 5 nitrogen and oxygen atoms in total. The zero-order chi connectivity index (χ0) is 16.0. The average Bonchev–Trinajstić information content (AvgIpc) is 3.08. The van der Waals surface area contributed by atoms with Crippen LogP contribution >= 0.6 is 11.3 Å². The number of sulfone groups is 1. The van der Waals surface area contributed by atoms with Gasteiger partial charge in [-0.25, -0.2) is 8.42 Å². The highest BCUT2D eigenvalue weighted by Gasteiger charge is 2.27. The van der Waals surface area contributed by atoms with E-state index in [0.717, 1.165) is 25.3 Å². The van der Waals surface area contributed by atoms with Gasteiger partial charge in [0.15, 0.2) is 15.8 Å². The third-order valence-corrected chi connectivity index (χ3v) is 6.59. The molecule has 2 heterocycles. The predicted octanol–water partition coefficient (Wildman–Crippen LogP) is 1.53. The summed E-state index contributed by atoms with van der Waals surface area (Å²) in [5.41, 5.74) is 0. The maximum atomic E-state index is 11.4. The molecule has 22 heavy (non-hydrogen) atoms. The Balaban J connectivity index is 1.69. The van der Waals surface area contributed by atoms with E-state index in [1.807, 2.05) is 0 Å². The molecule has 1 aliphatic heterocycles. The molecule has 2 rings (SSSR count). The van der Waals surface area contributed by atoms with E-state index in [9.17, 15) is 8.42 Å². The lowest BCUT2D eigenvalue weighted by Gasteiger charge is -2.17. The Morgan fingerprint density at radius 3 is 2.91 bits per heavy atom. The van der Waals surface area contributed by atoms with Crippen molar-refractivity contribution in [2.45, 2.75) is 19.8 Å². The molecule has 7 heteroatoms. The molecular formula is C15H25N3O2S2. The third kappa shape index (κ3) is 5.61. The summed E-state index contributed by atoms with van der Waals surface area (Å²) in [5, 5.41) is 8.66. The van der Waals surface area contributed by atoms with Crippen LogP contribution in [0.2, 0.25) is 0 Å². The lowest BCUT2D eigenvalue weighted by Crippen LogP contribution is -2.41. The Hall–Kier alpha value is -1.08. The van der Waals surface area contributed by atoms with Crippen LogP contribution in [-0.4, -0.2) is 46.0 Å². The van der Waals surface area contributed by atoms with Crippen molar-refractivity contribution in [2.24, 2.45) is 16.8 Å². The highest BCUT2D eigenvalue weighted by molar-refractivity contribution is 7.91. The highest BCUT2D eigenvalue weighted by atomic mass is 32.2. The molecule has 2 atom stereocenters. The van der Waals surface area contributed by atoms with Crippen molar-refractivity contribution in [2.75, 3.05) is 31.6 Å². The Morgan fingerprint density at radius 1 is 1.50 bits per heavy atom. The van der Waals surface area contributed by atoms with Crippen molar-refractivity contribution in [3.8, 4) is 0 Å². The van der Waals surface area contributed by atoms with Crippen molar-refractivity contribution in [3.05, 3.63) is 22.4 Å². The topological polar surface area (TPSA) is 70.6 Å². The lowest BCUT2D eigenvalue weighted by atomic mass is 10.1. The molecule has 1 aromatic heterocycles. The first-order valence-corrected chi connectivity index (χ1v) is 10.4. The van der Waals surface area contributed by atoms with Crippen LogP contribution in [0.4, 0.5) is 0 Å². The zero-order valence-electron chi connectivity index (χ0n) is 13.2. The van der Waals surface area contributed by atoms with Crippen molar-refractivity contribution >= 4 is 27.1 Å². The number of rotatable bonds is 6. The summed E-state index contributed by atoms with van der Waals surface area (Å²) in [6, 6.07) is 4.24. The number of guanidine groups is 1. The van der Waals surface area contributed by atoms with Gasteiger partial charge < -0.3 is 10.6 Å². The van der Waals surface area contributed by atoms with Crippen LogP contribution in [0.25, 0.3) is 0 Å². The van der Waals surface area contributed by atoms with Crippen LogP contribution < -0.4 is 10.6 Å². The van der Waals surface area contributed by atoms with E-state index in [4.69, 9.17) is 0 Å². The Bertz CT molecular complexity index is 582. The molecule has 1 aromatic rings. The van der Waals surface area contributed by atoms with Crippen LogP contribution in [0.15, 0.2) is 22.5 Å². The summed E-state index contributed by atoms with van der Waals surface area (Å²) in [6.45, 7) is 3.72. The minimum atomic E-state index is -2.80. The SMILES string of the molecule is CN=C(NCC(C)Cc1cccs1)NCC1CCS(=O)(=O)C1. The van der Waals surface area contributed by atoms with E-state index in [-0.39, 0.29) is 5.92 Å². The Morgan fingerprint density at radius 2 is 2.32 bits per heavy atom. The van der Waals surface area contributed by atoms with Crippen LogP contribution in [0.3, 0.4) is 0 Å². The molecule has 0 aliphatic carbocycles. The van der Waals surface area contributed by atoms with Crippen molar-refractivity contribution in [3.63, 3.8) is 0 Å². The molecule has 0 saturated carbocycles. The monoisotopic (exact) mass is 343 g/mol. The Kier molecular flexibility index (Phi) is 6.26. The van der Waals surface area contributed by atoms with Crippen LogP contribution in [0.5, 0.6) is 0 Å². The van der Waals surface area contributed by atoms with Gasteiger partial charge in [-0.15, -0.1) is 11.3 Å². The molecule has 0 bridgehead atoms. The van der Waals surface area contributed by atoms with E-state index >= 15 is 0 Å². The van der Waals surface area contributed by atoms with E-state index in [0.29, 0.717) is 24.0 Å². The van der Waals surface area contributed by atoms with Gasteiger partial charge >= 0.3 is 0 Å². The van der Waals surface area contributed by atoms with Gasteiger partial charge in [0.05, 0.1) is 11.5 Å². The van der Waals surface area contributed by atoms with Gasteiger partial charge in [-0.1, -0.05) is 13.0 Å². The van der Waals surface area contributed by atoms with Crippen molar-refractivity contribution < 1.29 is 8.42 Å². The van der Waals surface area contributed by atoms with Gasteiger partial charge in [0.1, 0.15) is 0 Å². The zero-order valence-corrected chi connectivity index (χ0v) is 14.8. The van der Waals surface area contributed by atoms with Gasteiger partial charge in [-0.3, -0.25) is 4.99 Å². The molecule has 0 radical (unpaired) electrons. The fraction of sp³-hybridized carbons (Fsp3) is 0.667. The molecular weight excluding hydrogens is 318 g/mol. The number of hydrogen-bond donors (Lipinski definition) is 2. The van der Waals surface area contributed by atoms with Gasteiger partial charge in [0.2, 0.25) is 0 Å². The first-order chi connectivity index (χ1) is 10.5. The number of aliphatic imine (C=N–C) groups is 1. The quantitative estimate of drug-likeness (QED) is 0.607. The lowest BCUT2D eigenvalue weighted by molar-refractivity contribution is 0.544. The second-order valence-corrected chi connectivity index (χ2v) is 9.25. The maximum absolute atomic E-state index is 11.4. The van der Waals surface area contributed by atoms with E-state index in [2.05, 4.69) is 40.1 Å². The van der Waals surface area contributed by atoms with Gasteiger partial charge in [-0.05, 0) is 36.1 Å². The summed E-state index contributed by atoms with van der Waals surface area (Å²) >= 11 is 1.79. The molecule has 2 N–H and O–H groups in total. The normalized spacial score (nSPS) is 22.5. The number of nitrogens with one attached hydrogen (secondary N) is 2. The molecule has 1 aliphatic rings. The summed E-state index contributed by atoms with van der Waals surface area (Å²) < 4.78 is 22.9. The largest absolute Gasteiger partial charge is 0.356 e. The second-order valence-electron chi connectivity index (χ2n) is 5.99. The average molecular weight is 344 g/mol. The summed E-state index contributed by atoms with van der Waals surface area (Å²) in [6.07, 6.45) is 1.81. The van der Waals surface area contributed by atoms with E-state index in [1.54, 1.807) is 18.4 Å². The molecule has 124 valence electrons. The highest BCUT2D eigenvalue weighted by Crippen LogP contribution is 2.17. The maximum Gasteiger partial charge on any atom is 0.190 e. The minimum Gasteiger partial charge on any atom is -0.356 e. The Labute approximate surface area is 137 Å². The van der Waals surface area contributed by atoms with Crippen molar-refractivity contribution in [1.29, 1.82) is 0 Å². The molecule has 0 amide bonds. The molecule has 0 aromatic carbocycles. The molecule has 1 saturated heterocycles. The molecule has 0 spiro atoms. The smallest absolute Gasteiger partial charge is 0.190 e. The molecule has 1 fully saturated rings. The van der Waals surface area contributed by atoms with Gasteiger partial charge in [-0.2, -0.15) is 0 Å². The number of thiophene rings is 1. The van der Waals surface area contributed by atoms with E-state index < -0.39 is 9.84 Å². The van der Waals surface area contributed by atoms with Crippen LogP contribution in [0, 0.1) is 11.8 Å². The second kappa shape index (κ2) is 7.97. The third-order valence-electron chi connectivity index (χ3n) is 3.86. The van der Waals surface area contributed by atoms with E-state index in [1.165, 1.54) is 4.88 Å². The summed E-state index contributed by atoms with van der Waals surface area (Å²) in [4.78, 5) is 5.60. The van der Waals surface area contributed by atoms with Crippen LogP contribution in [-0.2, 0) is 16.3 Å². The van der Waals surface area contributed by atoms with Crippen LogP contribution in [0.1, 0.15) is 18.2 Å². The number of hydrogen-bond acceptors (Lipinski definition) is 4. The molecule has 2 unspecified atom stereocenters. The minimum absolute atomic E-state index is 0.201. The first kappa shape index (κ1) is 17.3. The van der Waals surface area contributed by atoms with Crippen molar-refractivity contribution in [1.82, 2.24) is 10.6 Å². The van der Waals surface area contributed by atoms with Gasteiger partial charge in [0.25, 0.3) is 0 Å². The summed E-state index contributed by atoms with van der Waals surface area (Å²) in [5.74, 6) is 2.09. The standard InChI is InChI=1S/C15H25N3O2S2/c1-12(8-14-4-3-6-21-14)9-17-15(16-2)18-10-13-5-7-22(19,20)11-13/h3-4,6,12-13H,5,7-11H2,1-2H3,(H2,16,17,18). The number of nitrogens with zero attached hydrogens (tertiary/aromatic N) is 1.